The van der Waals surface area contributed by atoms with Crippen LogP contribution in [0.25, 0.3) is 0 Å². The first-order chi connectivity index (χ1) is 10.6. The third-order valence-corrected chi connectivity index (χ3v) is 3.11. The molecule has 1 atom stereocenters. The summed E-state index contributed by atoms with van der Waals surface area (Å²) in [5.74, 6) is -1.48. The first kappa shape index (κ1) is 15.6. The largest absolute Gasteiger partial charge is 0.469 e. The number of carbonyl (C=O) groups excluding carboxylic acids is 2. The Labute approximate surface area is 127 Å². The summed E-state index contributed by atoms with van der Waals surface area (Å²) >= 11 is 0. The van der Waals surface area contributed by atoms with Crippen molar-refractivity contribution in [3.8, 4) is 0 Å². The molecule has 1 aromatic carbocycles. The number of esters is 1. The van der Waals surface area contributed by atoms with Gasteiger partial charge in [0.2, 0.25) is 0 Å². The lowest BCUT2D eigenvalue weighted by atomic mass is 10.0. The molecule has 0 fully saturated rings. The fraction of sp³-hybridized carbons (Fsp3) is 0.188. The highest BCUT2D eigenvalue weighted by molar-refractivity contribution is 5.94. The third-order valence-electron chi connectivity index (χ3n) is 3.11. The SMILES string of the molecule is COC(=O)CC(NC(=O)c1cccnc1)c1ccccc1F. The Bertz CT molecular complexity index is 661. The summed E-state index contributed by atoms with van der Waals surface area (Å²) in [7, 11) is 1.24. The molecule has 1 aromatic heterocycles. The van der Waals surface area contributed by atoms with E-state index in [0.29, 0.717) is 5.56 Å². The Morgan fingerprint density at radius 1 is 1.27 bits per heavy atom. The maximum Gasteiger partial charge on any atom is 0.307 e. The Balaban J connectivity index is 2.23. The molecule has 1 amide bonds. The smallest absolute Gasteiger partial charge is 0.307 e. The third kappa shape index (κ3) is 3.88. The molecule has 0 aliphatic heterocycles. The topological polar surface area (TPSA) is 68.3 Å². The summed E-state index contributed by atoms with van der Waals surface area (Å²) < 4.78 is 18.5. The average molecular weight is 302 g/mol. The van der Waals surface area contributed by atoms with Gasteiger partial charge in [-0.15, -0.1) is 0 Å². The molecule has 22 heavy (non-hydrogen) atoms. The van der Waals surface area contributed by atoms with Crippen molar-refractivity contribution in [1.29, 1.82) is 0 Å². The van der Waals surface area contributed by atoms with Crippen LogP contribution in [-0.4, -0.2) is 24.0 Å². The fourth-order valence-electron chi connectivity index (χ4n) is 1.99. The number of nitrogens with zero attached hydrogens (tertiary/aromatic N) is 1. The molecule has 0 bridgehead atoms. The first-order valence-corrected chi connectivity index (χ1v) is 6.64. The zero-order chi connectivity index (χ0) is 15.9. The van der Waals surface area contributed by atoms with Crippen LogP contribution in [0.2, 0.25) is 0 Å². The van der Waals surface area contributed by atoms with E-state index in [1.165, 1.54) is 31.5 Å². The van der Waals surface area contributed by atoms with Gasteiger partial charge in [-0.1, -0.05) is 18.2 Å². The molecule has 1 heterocycles. The lowest BCUT2D eigenvalue weighted by molar-refractivity contribution is -0.141. The molecule has 2 aromatic rings. The van der Waals surface area contributed by atoms with Crippen molar-refractivity contribution in [1.82, 2.24) is 10.3 Å². The molecule has 1 N–H and O–H groups in total. The van der Waals surface area contributed by atoms with Crippen molar-refractivity contribution in [2.24, 2.45) is 0 Å². The molecule has 2 rings (SSSR count). The van der Waals surface area contributed by atoms with E-state index in [-0.39, 0.29) is 12.0 Å². The van der Waals surface area contributed by atoms with Crippen molar-refractivity contribution in [2.75, 3.05) is 7.11 Å². The van der Waals surface area contributed by atoms with Crippen molar-refractivity contribution < 1.29 is 18.7 Å². The van der Waals surface area contributed by atoms with E-state index in [9.17, 15) is 14.0 Å². The molecule has 0 saturated carbocycles. The standard InChI is InChI=1S/C16H15FN2O3/c1-22-15(20)9-14(12-6-2-3-7-13(12)17)19-16(21)11-5-4-8-18-10-11/h2-8,10,14H,9H2,1H3,(H,19,21). The van der Waals surface area contributed by atoms with Crippen LogP contribution < -0.4 is 5.32 Å². The zero-order valence-electron chi connectivity index (χ0n) is 12.0. The van der Waals surface area contributed by atoms with Gasteiger partial charge < -0.3 is 10.1 Å². The number of methoxy groups -OCH3 is 1. The number of ether oxygens (including phenoxy) is 1. The maximum absolute atomic E-state index is 13.9. The minimum absolute atomic E-state index is 0.163. The molecule has 0 saturated heterocycles. The van der Waals surface area contributed by atoms with E-state index in [1.54, 1.807) is 24.4 Å². The van der Waals surface area contributed by atoms with Gasteiger partial charge in [0.25, 0.3) is 5.91 Å². The van der Waals surface area contributed by atoms with Crippen molar-refractivity contribution in [3.05, 3.63) is 65.7 Å². The van der Waals surface area contributed by atoms with Gasteiger partial charge in [0.05, 0.1) is 25.1 Å². The van der Waals surface area contributed by atoms with Crippen LogP contribution in [-0.2, 0) is 9.53 Å². The molecule has 6 heteroatoms. The highest BCUT2D eigenvalue weighted by Gasteiger charge is 2.22. The van der Waals surface area contributed by atoms with Gasteiger partial charge >= 0.3 is 5.97 Å². The fourth-order valence-corrected chi connectivity index (χ4v) is 1.99. The average Bonchev–Trinajstić information content (AvgIpc) is 2.55. The minimum atomic E-state index is -0.818. The Kier molecular flexibility index (Phi) is 5.19. The number of benzene rings is 1. The summed E-state index contributed by atoms with van der Waals surface area (Å²) in [6.07, 6.45) is 2.77. The van der Waals surface area contributed by atoms with Crippen LogP contribution in [0.1, 0.15) is 28.4 Å². The first-order valence-electron chi connectivity index (χ1n) is 6.64. The quantitative estimate of drug-likeness (QED) is 0.860. The molecule has 0 radical (unpaired) electrons. The summed E-state index contributed by atoms with van der Waals surface area (Å²) in [6.45, 7) is 0. The molecular weight excluding hydrogens is 287 g/mol. The maximum atomic E-state index is 13.9. The highest BCUT2D eigenvalue weighted by atomic mass is 19.1. The van der Waals surface area contributed by atoms with Crippen LogP contribution in [0, 0.1) is 5.82 Å². The monoisotopic (exact) mass is 302 g/mol. The summed E-state index contributed by atoms with van der Waals surface area (Å²) in [6, 6.07) is 8.35. The molecule has 0 spiro atoms. The van der Waals surface area contributed by atoms with Gasteiger partial charge in [-0.2, -0.15) is 0 Å². The van der Waals surface area contributed by atoms with Gasteiger partial charge in [0.1, 0.15) is 5.82 Å². The molecule has 0 aliphatic rings. The van der Waals surface area contributed by atoms with Gasteiger partial charge in [-0.05, 0) is 18.2 Å². The highest BCUT2D eigenvalue weighted by Crippen LogP contribution is 2.21. The Morgan fingerprint density at radius 3 is 2.68 bits per heavy atom. The van der Waals surface area contributed by atoms with Crippen LogP contribution in [0.4, 0.5) is 4.39 Å². The molecular formula is C16H15FN2O3. The van der Waals surface area contributed by atoms with Gasteiger partial charge in [0, 0.05) is 18.0 Å². The number of halogens is 1. The zero-order valence-corrected chi connectivity index (χ0v) is 12.0. The number of hydrogen-bond donors (Lipinski definition) is 1. The number of nitrogens with one attached hydrogen (secondary N) is 1. The summed E-state index contributed by atoms with van der Waals surface area (Å²) in [5, 5.41) is 2.64. The Morgan fingerprint density at radius 2 is 2.05 bits per heavy atom. The van der Waals surface area contributed by atoms with Gasteiger partial charge in [0.15, 0.2) is 0 Å². The number of aromatic nitrogens is 1. The van der Waals surface area contributed by atoms with Crippen LogP contribution in [0.3, 0.4) is 0 Å². The molecule has 114 valence electrons. The van der Waals surface area contributed by atoms with Crippen molar-refractivity contribution in [3.63, 3.8) is 0 Å². The van der Waals surface area contributed by atoms with Crippen LogP contribution >= 0.6 is 0 Å². The summed E-state index contributed by atoms with van der Waals surface area (Å²) in [4.78, 5) is 27.6. The molecule has 1 unspecified atom stereocenters. The number of carbonyl (C=O) groups is 2. The number of pyridine rings is 1. The lowest BCUT2D eigenvalue weighted by Crippen LogP contribution is -2.31. The van der Waals surface area contributed by atoms with Crippen LogP contribution in [0.5, 0.6) is 0 Å². The summed E-state index contributed by atoms with van der Waals surface area (Å²) in [5.41, 5.74) is 0.554. The normalized spacial score (nSPS) is 11.5. The predicted octanol–water partition coefficient (Wildman–Crippen LogP) is 2.25. The number of hydrogen-bond acceptors (Lipinski definition) is 4. The number of amides is 1. The lowest BCUT2D eigenvalue weighted by Gasteiger charge is -2.18. The van der Waals surface area contributed by atoms with Crippen molar-refractivity contribution in [2.45, 2.75) is 12.5 Å². The Hall–Kier alpha value is -2.76. The second kappa shape index (κ2) is 7.31. The minimum Gasteiger partial charge on any atom is -0.469 e. The van der Waals surface area contributed by atoms with E-state index in [1.807, 2.05) is 0 Å². The van der Waals surface area contributed by atoms with E-state index >= 15 is 0 Å². The van der Waals surface area contributed by atoms with E-state index in [4.69, 9.17) is 0 Å². The number of rotatable bonds is 5. The second-order valence-corrected chi connectivity index (χ2v) is 4.57. The predicted molar refractivity (Wildman–Crippen MR) is 77.5 cm³/mol. The van der Waals surface area contributed by atoms with E-state index in [2.05, 4.69) is 15.0 Å². The molecule has 5 nitrogen and oxygen atoms in total. The second-order valence-electron chi connectivity index (χ2n) is 4.57. The van der Waals surface area contributed by atoms with Gasteiger partial charge in [-0.3, -0.25) is 14.6 Å². The van der Waals surface area contributed by atoms with E-state index < -0.39 is 23.7 Å². The van der Waals surface area contributed by atoms with Gasteiger partial charge in [-0.25, -0.2) is 4.39 Å². The molecule has 0 aliphatic carbocycles. The van der Waals surface area contributed by atoms with E-state index in [0.717, 1.165) is 0 Å². The van der Waals surface area contributed by atoms with Crippen LogP contribution in [0.15, 0.2) is 48.8 Å². The van der Waals surface area contributed by atoms with Crippen molar-refractivity contribution >= 4 is 11.9 Å².